The Morgan fingerprint density at radius 2 is 2.25 bits per heavy atom. The summed E-state index contributed by atoms with van der Waals surface area (Å²) < 4.78 is 0. The second-order valence-corrected chi connectivity index (χ2v) is 6.42. The monoisotopic (exact) mass is 293 g/mol. The molecule has 0 bridgehead atoms. The number of hydrogen-bond acceptors (Lipinski definition) is 3. The molecule has 1 aliphatic carbocycles. The number of carbonyl (C=O) groups excluding carboxylic acids is 2. The largest absolute Gasteiger partial charge is 0.349 e. The van der Waals surface area contributed by atoms with Gasteiger partial charge in [0.05, 0.1) is 13.1 Å². The zero-order valence-electron chi connectivity index (χ0n) is 11.3. The molecule has 0 spiro atoms. The highest BCUT2D eigenvalue weighted by Gasteiger charge is 2.37. The van der Waals surface area contributed by atoms with Crippen molar-refractivity contribution in [2.45, 2.75) is 44.3 Å². The van der Waals surface area contributed by atoms with Crippen LogP contribution in [-0.2, 0) is 11.3 Å². The molecule has 0 aromatic carbocycles. The topological polar surface area (TPSA) is 61.4 Å². The maximum atomic E-state index is 12.1. The summed E-state index contributed by atoms with van der Waals surface area (Å²) in [6.07, 6.45) is 4.50. The Morgan fingerprint density at radius 1 is 1.45 bits per heavy atom. The SMILES string of the molecule is O=C(NCc1cccs1)C1CN(C2CCCC2)C(=O)N1. The third kappa shape index (κ3) is 2.80. The number of rotatable bonds is 4. The summed E-state index contributed by atoms with van der Waals surface area (Å²) in [6, 6.07) is 3.77. The third-order valence-electron chi connectivity index (χ3n) is 4.04. The molecule has 0 radical (unpaired) electrons. The van der Waals surface area contributed by atoms with E-state index in [2.05, 4.69) is 10.6 Å². The van der Waals surface area contributed by atoms with Crippen LogP contribution in [0.25, 0.3) is 0 Å². The van der Waals surface area contributed by atoms with Gasteiger partial charge in [0, 0.05) is 10.9 Å². The number of carbonyl (C=O) groups is 2. The average molecular weight is 293 g/mol. The lowest BCUT2D eigenvalue weighted by Gasteiger charge is -2.22. The normalized spacial score (nSPS) is 23.1. The second-order valence-electron chi connectivity index (χ2n) is 5.39. The molecule has 1 aliphatic heterocycles. The number of nitrogens with zero attached hydrogens (tertiary/aromatic N) is 1. The first kappa shape index (κ1) is 13.4. The van der Waals surface area contributed by atoms with E-state index < -0.39 is 6.04 Å². The zero-order valence-corrected chi connectivity index (χ0v) is 12.1. The number of urea groups is 1. The zero-order chi connectivity index (χ0) is 13.9. The van der Waals surface area contributed by atoms with Gasteiger partial charge in [-0.05, 0) is 24.3 Å². The third-order valence-corrected chi connectivity index (χ3v) is 4.91. The molecule has 6 heteroatoms. The van der Waals surface area contributed by atoms with Crippen molar-refractivity contribution in [2.75, 3.05) is 6.54 Å². The van der Waals surface area contributed by atoms with Gasteiger partial charge in [-0.2, -0.15) is 0 Å². The van der Waals surface area contributed by atoms with Crippen LogP contribution in [0.1, 0.15) is 30.6 Å². The maximum absolute atomic E-state index is 12.1. The van der Waals surface area contributed by atoms with Gasteiger partial charge in [0.2, 0.25) is 5.91 Å². The molecule has 1 saturated heterocycles. The van der Waals surface area contributed by atoms with Gasteiger partial charge in [-0.3, -0.25) is 4.79 Å². The lowest BCUT2D eigenvalue weighted by atomic mass is 10.2. The van der Waals surface area contributed by atoms with Gasteiger partial charge in [-0.25, -0.2) is 4.79 Å². The maximum Gasteiger partial charge on any atom is 0.318 e. The van der Waals surface area contributed by atoms with Crippen LogP contribution in [0.5, 0.6) is 0 Å². The van der Waals surface area contributed by atoms with Crippen LogP contribution < -0.4 is 10.6 Å². The fraction of sp³-hybridized carbons (Fsp3) is 0.571. The second kappa shape index (κ2) is 5.83. The highest BCUT2D eigenvalue weighted by molar-refractivity contribution is 7.09. The average Bonchev–Trinajstić information content (AvgIpc) is 3.17. The lowest BCUT2D eigenvalue weighted by Crippen LogP contribution is -2.42. The number of amides is 3. The minimum absolute atomic E-state index is 0.0897. The van der Waals surface area contributed by atoms with E-state index in [0.29, 0.717) is 19.1 Å². The minimum atomic E-state index is -0.414. The van der Waals surface area contributed by atoms with Crippen molar-refractivity contribution in [3.63, 3.8) is 0 Å². The van der Waals surface area contributed by atoms with Crippen LogP contribution >= 0.6 is 11.3 Å². The first-order valence-corrected chi connectivity index (χ1v) is 7.99. The van der Waals surface area contributed by atoms with Crippen molar-refractivity contribution in [1.29, 1.82) is 0 Å². The summed E-state index contributed by atoms with van der Waals surface area (Å²) in [5, 5.41) is 7.66. The van der Waals surface area contributed by atoms with Gasteiger partial charge in [0.15, 0.2) is 0 Å². The molecule has 2 heterocycles. The first-order chi connectivity index (χ1) is 9.74. The number of nitrogens with one attached hydrogen (secondary N) is 2. The standard InChI is InChI=1S/C14H19N3O2S/c18-13(15-8-11-6-3-7-20-11)12-9-17(14(19)16-12)10-4-1-2-5-10/h3,6-7,10,12H,1-2,4-5,8-9H2,(H,15,18)(H,16,19). The van der Waals surface area contributed by atoms with Gasteiger partial charge in [0.25, 0.3) is 0 Å². The van der Waals surface area contributed by atoms with Crippen LogP contribution in [0, 0.1) is 0 Å². The van der Waals surface area contributed by atoms with Gasteiger partial charge < -0.3 is 15.5 Å². The summed E-state index contributed by atoms with van der Waals surface area (Å²) >= 11 is 1.62. The number of hydrogen-bond donors (Lipinski definition) is 2. The van der Waals surface area contributed by atoms with E-state index in [9.17, 15) is 9.59 Å². The molecule has 3 amide bonds. The fourth-order valence-electron chi connectivity index (χ4n) is 2.95. The van der Waals surface area contributed by atoms with Crippen molar-refractivity contribution in [3.05, 3.63) is 22.4 Å². The minimum Gasteiger partial charge on any atom is -0.349 e. The molecular formula is C14H19N3O2S. The predicted molar refractivity (Wildman–Crippen MR) is 77.4 cm³/mol. The molecular weight excluding hydrogens is 274 g/mol. The highest BCUT2D eigenvalue weighted by Crippen LogP contribution is 2.25. The van der Waals surface area contributed by atoms with E-state index in [0.717, 1.165) is 17.7 Å². The molecule has 108 valence electrons. The van der Waals surface area contributed by atoms with Gasteiger partial charge >= 0.3 is 6.03 Å². The summed E-state index contributed by atoms with van der Waals surface area (Å²) in [7, 11) is 0. The highest BCUT2D eigenvalue weighted by atomic mass is 32.1. The summed E-state index contributed by atoms with van der Waals surface area (Å²) in [5.74, 6) is -0.0905. The first-order valence-electron chi connectivity index (χ1n) is 7.11. The molecule has 5 nitrogen and oxygen atoms in total. The van der Waals surface area contributed by atoms with Crippen molar-refractivity contribution in [2.24, 2.45) is 0 Å². The Labute approximate surface area is 122 Å². The van der Waals surface area contributed by atoms with E-state index in [1.54, 1.807) is 11.3 Å². The van der Waals surface area contributed by atoms with E-state index in [4.69, 9.17) is 0 Å². The van der Waals surface area contributed by atoms with Crippen LogP contribution in [0.3, 0.4) is 0 Å². The Morgan fingerprint density at radius 3 is 2.95 bits per heavy atom. The van der Waals surface area contributed by atoms with Crippen molar-refractivity contribution >= 4 is 23.3 Å². The molecule has 1 aromatic rings. The van der Waals surface area contributed by atoms with E-state index in [-0.39, 0.29) is 11.9 Å². The van der Waals surface area contributed by atoms with Crippen molar-refractivity contribution in [1.82, 2.24) is 15.5 Å². The molecule has 2 N–H and O–H groups in total. The smallest absolute Gasteiger partial charge is 0.318 e. The summed E-state index contributed by atoms with van der Waals surface area (Å²) in [5.41, 5.74) is 0. The van der Waals surface area contributed by atoms with E-state index in [1.165, 1.54) is 12.8 Å². The van der Waals surface area contributed by atoms with E-state index >= 15 is 0 Å². The van der Waals surface area contributed by atoms with Crippen LogP contribution in [0.15, 0.2) is 17.5 Å². The van der Waals surface area contributed by atoms with Crippen molar-refractivity contribution < 1.29 is 9.59 Å². The lowest BCUT2D eigenvalue weighted by molar-refractivity contribution is -0.122. The fourth-order valence-corrected chi connectivity index (χ4v) is 3.59. The molecule has 1 aromatic heterocycles. The summed E-state index contributed by atoms with van der Waals surface area (Å²) in [6.45, 7) is 1.03. The Balaban J connectivity index is 1.52. The Hall–Kier alpha value is -1.56. The molecule has 2 aliphatic rings. The van der Waals surface area contributed by atoms with Crippen LogP contribution in [-0.4, -0.2) is 35.5 Å². The molecule has 20 heavy (non-hydrogen) atoms. The molecule has 2 fully saturated rings. The Kier molecular flexibility index (Phi) is 3.91. The van der Waals surface area contributed by atoms with Crippen LogP contribution in [0.4, 0.5) is 4.79 Å². The number of thiophene rings is 1. The van der Waals surface area contributed by atoms with Crippen LogP contribution in [0.2, 0.25) is 0 Å². The van der Waals surface area contributed by atoms with Gasteiger partial charge in [-0.1, -0.05) is 18.9 Å². The predicted octanol–water partition coefficient (Wildman–Crippen LogP) is 1.70. The Bertz CT molecular complexity index is 483. The summed E-state index contributed by atoms with van der Waals surface area (Å²) in [4.78, 5) is 27.0. The van der Waals surface area contributed by atoms with Gasteiger partial charge in [-0.15, -0.1) is 11.3 Å². The van der Waals surface area contributed by atoms with Gasteiger partial charge in [0.1, 0.15) is 6.04 Å². The van der Waals surface area contributed by atoms with Crippen molar-refractivity contribution in [3.8, 4) is 0 Å². The van der Waals surface area contributed by atoms with E-state index in [1.807, 2.05) is 22.4 Å². The quantitative estimate of drug-likeness (QED) is 0.887. The molecule has 1 atom stereocenters. The molecule has 1 unspecified atom stereocenters. The molecule has 1 saturated carbocycles. The molecule has 3 rings (SSSR count).